The van der Waals surface area contributed by atoms with Crippen molar-refractivity contribution in [3.63, 3.8) is 0 Å². The number of aliphatic hydroxyl groups is 1. The van der Waals surface area contributed by atoms with Crippen LogP contribution >= 0.6 is 0 Å². The van der Waals surface area contributed by atoms with Gasteiger partial charge in [0.1, 0.15) is 5.52 Å². The van der Waals surface area contributed by atoms with Gasteiger partial charge in [0.15, 0.2) is 5.82 Å². The van der Waals surface area contributed by atoms with Gasteiger partial charge in [-0.05, 0) is 62.1 Å². The van der Waals surface area contributed by atoms with Crippen molar-refractivity contribution in [3.05, 3.63) is 89.2 Å². The number of aryl methyl sites for hydroxylation is 1. The molecule has 6 rings (SSSR count). The van der Waals surface area contributed by atoms with Crippen LogP contribution in [0.4, 0.5) is 5.82 Å². The number of amides is 1. The molecule has 1 aliphatic rings. The molecular weight excluding hydrogens is 478 g/mol. The summed E-state index contributed by atoms with van der Waals surface area (Å²) in [6, 6.07) is 22.0. The van der Waals surface area contributed by atoms with Crippen LogP contribution < -0.4 is 16.4 Å². The van der Waals surface area contributed by atoms with Crippen LogP contribution in [0.3, 0.4) is 0 Å². The van der Waals surface area contributed by atoms with Gasteiger partial charge in [-0.15, -0.1) is 5.10 Å². The number of benzene rings is 2. The van der Waals surface area contributed by atoms with Crippen LogP contribution in [-0.2, 0) is 13.1 Å². The Kier molecular flexibility index (Phi) is 6.30. The van der Waals surface area contributed by atoms with Gasteiger partial charge in [0.2, 0.25) is 5.91 Å². The first kappa shape index (κ1) is 24.1. The number of nitrogens with zero attached hydrogens (tertiary/aromatic N) is 4. The Morgan fingerprint density at radius 1 is 1.05 bits per heavy atom. The smallest absolute Gasteiger partial charge is 0.254 e. The number of nitrogens with two attached hydrogens (primary N) is 1. The highest BCUT2D eigenvalue weighted by molar-refractivity contribution is 6.06. The van der Waals surface area contributed by atoms with Crippen LogP contribution in [0.1, 0.15) is 46.6 Å². The predicted molar refractivity (Wildman–Crippen MR) is 147 cm³/mol. The minimum atomic E-state index is -0.467. The number of aliphatic hydroxyl groups excluding tert-OH is 1. The summed E-state index contributed by atoms with van der Waals surface area (Å²) in [7, 11) is 0. The first-order chi connectivity index (χ1) is 18.5. The molecular formula is C29H31N7O2. The van der Waals surface area contributed by atoms with E-state index in [1.807, 2.05) is 58.5 Å². The molecule has 0 bridgehead atoms. The van der Waals surface area contributed by atoms with Crippen LogP contribution in [-0.4, -0.2) is 42.3 Å². The van der Waals surface area contributed by atoms with Gasteiger partial charge < -0.3 is 21.5 Å². The maximum Gasteiger partial charge on any atom is 0.254 e. The van der Waals surface area contributed by atoms with E-state index in [1.54, 1.807) is 6.07 Å². The lowest BCUT2D eigenvalue weighted by Crippen LogP contribution is -2.27. The number of aromatic nitrogens is 4. The molecule has 0 saturated heterocycles. The van der Waals surface area contributed by atoms with Gasteiger partial charge in [0, 0.05) is 35.8 Å². The number of carbonyl (C=O) groups is 1. The van der Waals surface area contributed by atoms with Crippen molar-refractivity contribution >= 4 is 28.1 Å². The molecule has 2 unspecified atom stereocenters. The molecule has 5 aromatic rings. The summed E-state index contributed by atoms with van der Waals surface area (Å²) in [5, 5.41) is 22.7. The molecule has 0 radical (unpaired) electrons. The highest BCUT2D eigenvalue weighted by atomic mass is 16.3. The first-order valence-electron chi connectivity index (χ1n) is 13.0. The van der Waals surface area contributed by atoms with Crippen LogP contribution in [0.25, 0.3) is 22.4 Å². The minimum Gasteiger partial charge on any atom is -0.393 e. The molecule has 2 aromatic carbocycles. The van der Waals surface area contributed by atoms with Crippen LogP contribution in [0.2, 0.25) is 0 Å². The zero-order chi connectivity index (χ0) is 26.2. The maximum atomic E-state index is 12.1. The van der Waals surface area contributed by atoms with Crippen molar-refractivity contribution in [2.45, 2.75) is 51.4 Å². The number of primary amides is 1. The number of nitrogens with one attached hydrogen (secondary N) is 2. The van der Waals surface area contributed by atoms with Crippen molar-refractivity contribution in [1.29, 1.82) is 0 Å². The summed E-state index contributed by atoms with van der Waals surface area (Å²) >= 11 is 0. The van der Waals surface area contributed by atoms with Crippen LogP contribution in [0.15, 0.2) is 66.7 Å². The van der Waals surface area contributed by atoms with Gasteiger partial charge in [0.25, 0.3) is 5.95 Å². The van der Waals surface area contributed by atoms with Gasteiger partial charge in [-0.25, -0.2) is 4.52 Å². The third-order valence-corrected chi connectivity index (χ3v) is 7.35. The van der Waals surface area contributed by atoms with E-state index in [2.05, 4.69) is 28.8 Å². The fraction of sp³-hybridized carbons (Fsp3) is 0.276. The molecule has 194 valence electrons. The zero-order valence-electron chi connectivity index (χ0n) is 21.3. The molecule has 1 fully saturated rings. The largest absolute Gasteiger partial charge is 0.393 e. The van der Waals surface area contributed by atoms with E-state index in [-0.39, 0.29) is 12.1 Å². The molecule has 9 heteroatoms. The third kappa shape index (κ3) is 4.51. The second-order valence-electron chi connectivity index (χ2n) is 9.99. The summed E-state index contributed by atoms with van der Waals surface area (Å²) in [4.78, 5) is 17.0. The topological polar surface area (TPSA) is 122 Å². The molecule has 5 N–H and O–H groups in total. The average molecular weight is 510 g/mol. The van der Waals surface area contributed by atoms with Crippen molar-refractivity contribution in [2.24, 2.45) is 5.73 Å². The standard InChI is InChI=1S/C29H31N7O2/c1-18-14-24-23(27(30)38)8-5-9-25(24)35(18)29-33-28(32-16-19-6-3-2-4-7-19)26-13-11-21(36(26)34-29)17-31-20-10-12-22(37)15-20/h2-9,11,13-14,20,22,31,37H,10,12,15-17H2,1H3,(H2,30,38)(H,32,33,34). The number of rotatable bonds is 8. The van der Waals surface area contributed by atoms with Crippen molar-refractivity contribution < 1.29 is 9.90 Å². The number of hydrogen-bond acceptors (Lipinski definition) is 6. The Hall–Kier alpha value is -4.21. The summed E-state index contributed by atoms with van der Waals surface area (Å²) in [5.74, 6) is 0.745. The van der Waals surface area contributed by atoms with E-state index in [1.165, 1.54) is 0 Å². The van der Waals surface area contributed by atoms with E-state index in [9.17, 15) is 9.90 Å². The Morgan fingerprint density at radius 2 is 1.89 bits per heavy atom. The van der Waals surface area contributed by atoms with E-state index >= 15 is 0 Å². The summed E-state index contributed by atoms with van der Waals surface area (Å²) < 4.78 is 3.89. The number of fused-ring (bicyclic) bond motifs is 2. The van der Waals surface area contributed by atoms with E-state index in [0.29, 0.717) is 30.4 Å². The zero-order valence-corrected chi connectivity index (χ0v) is 21.3. The molecule has 0 spiro atoms. The molecule has 3 heterocycles. The van der Waals surface area contributed by atoms with Gasteiger partial charge >= 0.3 is 0 Å². The lowest BCUT2D eigenvalue weighted by molar-refractivity contribution is 0.100. The van der Waals surface area contributed by atoms with Crippen molar-refractivity contribution in [2.75, 3.05) is 5.32 Å². The van der Waals surface area contributed by atoms with E-state index in [4.69, 9.17) is 15.8 Å². The van der Waals surface area contributed by atoms with Gasteiger partial charge in [-0.1, -0.05) is 36.4 Å². The normalized spacial score (nSPS) is 17.4. The summed E-state index contributed by atoms with van der Waals surface area (Å²) in [6.07, 6.45) is 2.34. The van der Waals surface area contributed by atoms with Crippen LogP contribution in [0, 0.1) is 6.92 Å². The number of hydrogen-bond donors (Lipinski definition) is 4. The lowest BCUT2D eigenvalue weighted by atomic mass is 10.1. The molecule has 1 saturated carbocycles. The summed E-state index contributed by atoms with van der Waals surface area (Å²) in [5.41, 5.74) is 10.9. The molecule has 1 aliphatic carbocycles. The molecule has 0 aliphatic heterocycles. The summed E-state index contributed by atoms with van der Waals surface area (Å²) in [6.45, 7) is 3.21. The number of anilines is 1. The van der Waals surface area contributed by atoms with E-state index < -0.39 is 5.91 Å². The van der Waals surface area contributed by atoms with Gasteiger partial charge in [-0.3, -0.25) is 9.36 Å². The molecule has 3 aromatic heterocycles. The molecule has 2 atom stereocenters. The maximum absolute atomic E-state index is 12.1. The molecule has 1 amide bonds. The highest BCUT2D eigenvalue weighted by Crippen LogP contribution is 2.28. The highest BCUT2D eigenvalue weighted by Gasteiger charge is 2.23. The fourth-order valence-electron chi connectivity index (χ4n) is 5.41. The van der Waals surface area contributed by atoms with Gasteiger partial charge in [0.05, 0.1) is 17.3 Å². The minimum absolute atomic E-state index is 0.227. The van der Waals surface area contributed by atoms with Crippen LogP contribution in [0.5, 0.6) is 0 Å². The van der Waals surface area contributed by atoms with Crippen molar-refractivity contribution in [1.82, 2.24) is 24.5 Å². The third-order valence-electron chi connectivity index (χ3n) is 7.35. The monoisotopic (exact) mass is 509 g/mol. The Labute approximate surface area is 220 Å². The second-order valence-corrected chi connectivity index (χ2v) is 9.99. The van der Waals surface area contributed by atoms with Crippen molar-refractivity contribution in [3.8, 4) is 5.95 Å². The first-order valence-corrected chi connectivity index (χ1v) is 13.0. The molecule has 38 heavy (non-hydrogen) atoms. The second kappa shape index (κ2) is 9.92. The lowest BCUT2D eigenvalue weighted by Gasteiger charge is -2.15. The van der Waals surface area contributed by atoms with Gasteiger partial charge in [-0.2, -0.15) is 4.98 Å². The quantitative estimate of drug-likeness (QED) is 0.253. The Bertz CT molecular complexity index is 1620. The SMILES string of the molecule is Cc1cc2c(C(N)=O)cccc2n1-c1nc(NCc2ccccc2)c2ccc(CNC3CCC(O)C3)n2n1. The Balaban J connectivity index is 1.44. The fourth-order valence-corrected chi connectivity index (χ4v) is 5.41. The predicted octanol–water partition coefficient (Wildman–Crippen LogP) is 3.70. The Morgan fingerprint density at radius 3 is 2.66 bits per heavy atom. The average Bonchev–Trinajstić information content (AvgIpc) is 3.62. The molecule has 9 nitrogen and oxygen atoms in total. The number of carbonyl (C=O) groups excluding carboxylic acids is 1. The van der Waals surface area contributed by atoms with E-state index in [0.717, 1.165) is 52.6 Å².